The number of hydrogen-bond donors (Lipinski definition) is 1. The molecule has 0 bridgehead atoms. The topological polar surface area (TPSA) is 66.5 Å². The van der Waals surface area contributed by atoms with Gasteiger partial charge in [0.1, 0.15) is 5.82 Å². The standard InChI is InChI=1S/C20H21FN2O3/c1-14(24)16-7-9-18(10-8-16)22-20(26)11-12-23(15(2)25)13-17-5-3-4-6-19(17)21/h3-10H,11-13H2,1-2H3,(H,22,26). The first-order valence-corrected chi connectivity index (χ1v) is 8.26. The van der Waals surface area contributed by atoms with Gasteiger partial charge in [0.2, 0.25) is 11.8 Å². The maximum Gasteiger partial charge on any atom is 0.226 e. The number of nitrogens with one attached hydrogen (secondary N) is 1. The van der Waals surface area contributed by atoms with Crippen LogP contribution in [0.3, 0.4) is 0 Å². The summed E-state index contributed by atoms with van der Waals surface area (Å²) in [5.41, 5.74) is 1.54. The van der Waals surface area contributed by atoms with Crippen LogP contribution in [0.25, 0.3) is 0 Å². The summed E-state index contributed by atoms with van der Waals surface area (Å²) in [5.74, 6) is -0.922. The molecule has 0 aliphatic heterocycles. The van der Waals surface area contributed by atoms with E-state index in [4.69, 9.17) is 0 Å². The van der Waals surface area contributed by atoms with Crippen molar-refractivity contribution in [2.24, 2.45) is 0 Å². The molecule has 0 spiro atoms. The van der Waals surface area contributed by atoms with E-state index in [9.17, 15) is 18.8 Å². The Morgan fingerprint density at radius 3 is 2.23 bits per heavy atom. The highest BCUT2D eigenvalue weighted by Crippen LogP contribution is 2.12. The molecule has 26 heavy (non-hydrogen) atoms. The molecule has 2 amide bonds. The monoisotopic (exact) mass is 356 g/mol. The van der Waals surface area contributed by atoms with Crippen molar-refractivity contribution in [3.8, 4) is 0 Å². The number of benzene rings is 2. The second-order valence-electron chi connectivity index (χ2n) is 5.96. The molecule has 0 heterocycles. The zero-order chi connectivity index (χ0) is 19.1. The minimum Gasteiger partial charge on any atom is -0.338 e. The predicted molar refractivity (Wildman–Crippen MR) is 97.2 cm³/mol. The molecule has 0 unspecified atom stereocenters. The maximum absolute atomic E-state index is 13.7. The largest absolute Gasteiger partial charge is 0.338 e. The van der Waals surface area contributed by atoms with Crippen molar-refractivity contribution < 1.29 is 18.8 Å². The molecular formula is C20H21FN2O3. The summed E-state index contributed by atoms with van der Waals surface area (Å²) in [5, 5.41) is 2.72. The van der Waals surface area contributed by atoms with Gasteiger partial charge in [-0.15, -0.1) is 0 Å². The van der Waals surface area contributed by atoms with E-state index in [2.05, 4.69) is 5.32 Å². The van der Waals surface area contributed by atoms with Gasteiger partial charge in [-0.1, -0.05) is 18.2 Å². The van der Waals surface area contributed by atoms with Crippen molar-refractivity contribution in [1.29, 1.82) is 0 Å². The van der Waals surface area contributed by atoms with Gasteiger partial charge in [0, 0.05) is 43.2 Å². The van der Waals surface area contributed by atoms with Crippen LogP contribution in [-0.2, 0) is 16.1 Å². The number of carbonyl (C=O) groups is 3. The van der Waals surface area contributed by atoms with Gasteiger partial charge in [0.25, 0.3) is 0 Å². The Morgan fingerprint density at radius 1 is 1.00 bits per heavy atom. The van der Waals surface area contributed by atoms with Crippen LogP contribution in [0.1, 0.15) is 36.2 Å². The fourth-order valence-corrected chi connectivity index (χ4v) is 2.43. The Labute approximate surface area is 151 Å². The van der Waals surface area contributed by atoms with E-state index < -0.39 is 0 Å². The van der Waals surface area contributed by atoms with Crippen LogP contribution in [0.2, 0.25) is 0 Å². The quantitative estimate of drug-likeness (QED) is 0.773. The fourth-order valence-electron chi connectivity index (χ4n) is 2.43. The molecule has 5 nitrogen and oxygen atoms in total. The number of rotatable bonds is 7. The van der Waals surface area contributed by atoms with Gasteiger partial charge in [0.05, 0.1) is 0 Å². The van der Waals surface area contributed by atoms with Crippen LogP contribution in [0.5, 0.6) is 0 Å². The predicted octanol–water partition coefficient (Wildman–Crippen LogP) is 3.41. The van der Waals surface area contributed by atoms with E-state index in [0.29, 0.717) is 16.8 Å². The number of amides is 2. The third-order valence-electron chi connectivity index (χ3n) is 3.95. The number of carbonyl (C=O) groups excluding carboxylic acids is 3. The summed E-state index contributed by atoms with van der Waals surface area (Å²) in [6.45, 7) is 3.16. The van der Waals surface area contributed by atoms with E-state index >= 15 is 0 Å². The first-order valence-electron chi connectivity index (χ1n) is 8.26. The lowest BCUT2D eigenvalue weighted by atomic mass is 10.1. The van der Waals surface area contributed by atoms with Crippen LogP contribution in [-0.4, -0.2) is 29.0 Å². The molecule has 0 radical (unpaired) electrons. The second-order valence-corrected chi connectivity index (χ2v) is 5.96. The van der Waals surface area contributed by atoms with Gasteiger partial charge in [-0.05, 0) is 37.3 Å². The number of Topliss-reactive ketones (excluding diaryl/α,β-unsaturated/α-hetero) is 1. The zero-order valence-electron chi connectivity index (χ0n) is 14.8. The summed E-state index contributed by atoms with van der Waals surface area (Å²) in [6.07, 6.45) is 0.0858. The number of nitrogens with zero attached hydrogens (tertiary/aromatic N) is 1. The maximum atomic E-state index is 13.7. The van der Waals surface area contributed by atoms with E-state index in [0.717, 1.165) is 0 Å². The molecular weight excluding hydrogens is 335 g/mol. The molecule has 0 saturated carbocycles. The van der Waals surface area contributed by atoms with Crippen molar-refractivity contribution in [1.82, 2.24) is 4.90 Å². The molecule has 2 rings (SSSR count). The van der Waals surface area contributed by atoms with Crippen LogP contribution in [0, 0.1) is 5.82 Å². The number of hydrogen-bond acceptors (Lipinski definition) is 3. The first kappa shape index (κ1) is 19.3. The lowest BCUT2D eigenvalue weighted by Gasteiger charge is -2.21. The van der Waals surface area contributed by atoms with Gasteiger partial charge in [-0.3, -0.25) is 14.4 Å². The zero-order valence-corrected chi connectivity index (χ0v) is 14.8. The van der Waals surface area contributed by atoms with Gasteiger partial charge in [-0.2, -0.15) is 0 Å². The summed E-state index contributed by atoms with van der Waals surface area (Å²) in [7, 11) is 0. The average Bonchev–Trinajstić information content (AvgIpc) is 2.60. The first-order chi connectivity index (χ1) is 12.4. The van der Waals surface area contributed by atoms with Crippen molar-refractivity contribution in [3.63, 3.8) is 0 Å². The van der Waals surface area contributed by atoms with Crippen LogP contribution >= 0.6 is 0 Å². The molecule has 0 atom stereocenters. The van der Waals surface area contributed by atoms with Gasteiger partial charge in [0.15, 0.2) is 5.78 Å². The number of halogens is 1. The third-order valence-corrected chi connectivity index (χ3v) is 3.95. The summed E-state index contributed by atoms with van der Waals surface area (Å²) >= 11 is 0. The van der Waals surface area contributed by atoms with Gasteiger partial charge >= 0.3 is 0 Å². The average molecular weight is 356 g/mol. The minimum absolute atomic E-state index is 0.0480. The third kappa shape index (κ3) is 5.51. The lowest BCUT2D eigenvalue weighted by Crippen LogP contribution is -2.31. The van der Waals surface area contributed by atoms with Gasteiger partial charge < -0.3 is 10.2 Å². The molecule has 0 saturated heterocycles. The molecule has 136 valence electrons. The normalized spacial score (nSPS) is 10.3. The van der Waals surface area contributed by atoms with Gasteiger partial charge in [-0.25, -0.2) is 4.39 Å². The Morgan fingerprint density at radius 2 is 1.65 bits per heavy atom. The molecule has 2 aromatic carbocycles. The van der Waals surface area contributed by atoms with E-state index in [-0.39, 0.29) is 42.9 Å². The molecule has 0 aliphatic carbocycles. The summed E-state index contributed by atoms with van der Waals surface area (Å²) in [4.78, 5) is 36.5. The number of ketones is 1. The Bertz CT molecular complexity index is 803. The summed E-state index contributed by atoms with van der Waals surface area (Å²) < 4.78 is 13.7. The molecule has 0 aromatic heterocycles. The van der Waals surface area contributed by atoms with E-state index in [1.807, 2.05) is 0 Å². The minimum atomic E-state index is -0.381. The van der Waals surface area contributed by atoms with E-state index in [1.165, 1.54) is 24.8 Å². The van der Waals surface area contributed by atoms with Crippen molar-refractivity contribution in [2.75, 3.05) is 11.9 Å². The van der Waals surface area contributed by atoms with E-state index in [1.54, 1.807) is 42.5 Å². The highest BCUT2D eigenvalue weighted by molar-refractivity contribution is 5.95. The van der Waals surface area contributed by atoms with Crippen molar-refractivity contribution >= 4 is 23.3 Å². The highest BCUT2D eigenvalue weighted by atomic mass is 19.1. The lowest BCUT2D eigenvalue weighted by molar-refractivity contribution is -0.130. The second kappa shape index (κ2) is 8.89. The fraction of sp³-hybridized carbons (Fsp3) is 0.250. The number of anilines is 1. The van der Waals surface area contributed by atoms with Crippen LogP contribution < -0.4 is 5.32 Å². The molecule has 0 aliphatic rings. The smallest absolute Gasteiger partial charge is 0.226 e. The SMILES string of the molecule is CC(=O)c1ccc(NC(=O)CCN(Cc2ccccc2F)C(C)=O)cc1. The van der Waals surface area contributed by atoms with Crippen molar-refractivity contribution in [2.45, 2.75) is 26.8 Å². The molecule has 6 heteroatoms. The molecule has 1 N–H and O–H groups in total. The summed E-state index contributed by atoms with van der Waals surface area (Å²) in [6, 6.07) is 12.8. The Balaban J connectivity index is 1.91. The molecule has 0 fully saturated rings. The Hall–Kier alpha value is -3.02. The Kier molecular flexibility index (Phi) is 6.60. The van der Waals surface area contributed by atoms with Crippen LogP contribution in [0.15, 0.2) is 48.5 Å². The van der Waals surface area contributed by atoms with Crippen molar-refractivity contribution in [3.05, 3.63) is 65.5 Å². The molecule has 2 aromatic rings. The van der Waals surface area contributed by atoms with Crippen LogP contribution in [0.4, 0.5) is 10.1 Å². The highest BCUT2D eigenvalue weighted by Gasteiger charge is 2.14.